The molecule has 5 nitrogen and oxygen atoms in total. The second-order valence-corrected chi connectivity index (χ2v) is 6.60. The molecule has 3 aromatic carbocycles. The number of hydrogen-bond acceptors (Lipinski definition) is 5. The van der Waals surface area contributed by atoms with E-state index in [0.29, 0.717) is 34.5 Å². The van der Waals surface area contributed by atoms with Crippen LogP contribution in [0.2, 0.25) is 0 Å². The first kappa shape index (κ1) is 21.0. The summed E-state index contributed by atoms with van der Waals surface area (Å²) in [6, 6.07) is 22.7. The van der Waals surface area contributed by atoms with Crippen LogP contribution in [-0.2, 0) is 0 Å². The second kappa shape index (κ2) is 10.2. The van der Waals surface area contributed by atoms with Gasteiger partial charge in [0.25, 0.3) is 0 Å². The highest BCUT2D eigenvalue weighted by molar-refractivity contribution is 5.96. The maximum Gasteiger partial charge on any atom is 0.225 e. The quantitative estimate of drug-likeness (QED) is 0.271. The lowest BCUT2D eigenvalue weighted by Gasteiger charge is -2.12. The molecule has 3 aromatic rings. The van der Waals surface area contributed by atoms with Gasteiger partial charge >= 0.3 is 0 Å². The molecule has 0 aliphatic rings. The van der Waals surface area contributed by atoms with E-state index in [9.17, 15) is 0 Å². The first-order chi connectivity index (χ1) is 14.6. The highest BCUT2D eigenvalue weighted by atomic mass is 16.5. The number of benzene rings is 3. The van der Waals surface area contributed by atoms with Crippen LogP contribution in [0.4, 0.5) is 5.69 Å². The van der Waals surface area contributed by atoms with Crippen LogP contribution in [0.5, 0.6) is 23.0 Å². The fourth-order valence-electron chi connectivity index (χ4n) is 2.62. The minimum Gasteiger partial charge on any atom is -0.497 e. The van der Waals surface area contributed by atoms with Gasteiger partial charge in [0.1, 0.15) is 11.5 Å². The molecule has 0 aromatic heterocycles. The zero-order valence-corrected chi connectivity index (χ0v) is 17.6. The third-order valence-electron chi connectivity index (χ3n) is 4.29. The van der Waals surface area contributed by atoms with Crippen molar-refractivity contribution >= 4 is 11.6 Å². The standard InChI is InChI=1S/C25H25NO4/c1-18-12-14-20(15-13-18)26-25(30-22-9-7-8-21(16-22)27-3)19(2)17-29-24-11-6-5-10-23(24)28-4/h5-17H,1-4H3/b19-17+,26-25?. The maximum absolute atomic E-state index is 6.09. The number of aryl methyl sites for hydroxylation is 1. The average molecular weight is 403 g/mol. The van der Waals surface area contributed by atoms with E-state index in [2.05, 4.69) is 4.99 Å². The number of rotatable bonds is 7. The minimum absolute atomic E-state index is 0.419. The lowest BCUT2D eigenvalue weighted by molar-refractivity contribution is 0.377. The van der Waals surface area contributed by atoms with Crippen LogP contribution in [0, 0.1) is 6.92 Å². The second-order valence-electron chi connectivity index (χ2n) is 6.60. The van der Waals surface area contributed by atoms with Crippen molar-refractivity contribution < 1.29 is 18.9 Å². The maximum atomic E-state index is 6.09. The SMILES string of the molecule is COc1cccc(OC(=Nc2ccc(C)cc2)/C(C)=C/Oc2ccccc2OC)c1. The van der Waals surface area contributed by atoms with Crippen molar-refractivity contribution in [2.75, 3.05) is 14.2 Å². The van der Waals surface area contributed by atoms with Crippen LogP contribution in [0.25, 0.3) is 0 Å². The summed E-state index contributed by atoms with van der Waals surface area (Å²) < 4.78 is 22.5. The van der Waals surface area contributed by atoms with Crippen molar-refractivity contribution in [2.45, 2.75) is 13.8 Å². The molecule has 5 heteroatoms. The highest BCUT2D eigenvalue weighted by Crippen LogP contribution is 2.27. The first-order valence-electron chi connectivity index (χ1n) is 9.53. The number of methoxy groups -OCH3 is 2. The van der Waals surface area contributed by atoms with Gasteiger partial charge in [0.2, 0.25) is 5.90 Å². The van der Waals surface area contributed by atoms with Gasteiger partial charge in [0.05, 0.1) is 26.2 Å². The van der Waals surface area contributed by atoms with Gasteiger partial charge in [-0.1, -0.05) is 35.9 Å². The third-order valence-corrected chi connectivity index (χ3v) is 4.29. The molecule has 0 aliphatic heterocycles. The van der Waals surface area contributed by atoms with Crippen molar-refractivity contribution in [3.05, 3.63) is 90.2 Å². The molecule has 0 fully saturated rings. The van der Waals surface area contributed by atoms with E-state index < -0.39 is 0 Å². The molecule has 0 saturated heterocycles. The Bertz CT molecular complexity index is 1040. The third kappa shape index (κ3) is 5.64. The lowest BCUT2D eigenvalue weighted by Crippen LogP contribution is -2.11. The van der Waals surface area contributed by atoms with Crippen LogP contribution in [0.1, 0.15) is 12.5 Å². The summed E-state index contributed by atoms with van der Waals surface area (Å²) in [4.78, 5) is 4.68. The van der Waals surface area contributed by atoms with Crippen molar-refractivity contribution in [1.29, 1.82) is 0 Å². The van der Waals surface area contributed by atoms with Crippen LogP contribution in [0.3, 0.4) is 0 Å². The van der Waals surface area contributed by atoms with Gasteiger partial charge < -0.3 is 18.9 Å². The van der Waals surface area contributed by atoms with Crippen LogP contribution < -0.4 is 18.9 Å². The summed E-state index contributed by atoms with van der Waals surface area (Å²) in [7, 11) is 3.22. The summed E-state index contributed by atoms with van der Waals surface area (Å²) in [5.41, 5.74) is 2.66. The van der Waals surface area contributed by atoms with Gasteiger partial charge in [-0.25, -0.2) is 4.99 Å². The Morgan fingerprint density at radius 3 is 2.20 bits per heavy atom. The summed E-state index contributed by atoms with van der Waals surface area (Å²) in [5.74, 6) is 2.99. The molecular formula is C25H25NO4. The monoisotopic (exact) mass is 403 g/mol. The highest BCUT2D eigenvalue weighted by Gasteiger charge is 2.10. The molecule has 0 spiro atoms. The smallest absolute Gasteiger partial charge is 0.225 e. The van der Waals surface area contributed by atoms with Crippen molar-refractivity contribution in [3.8, 4) is 23.0 Å². The molecule has 0 atom stereocenters. The number of ether oxygens (including phenoxy) is 4. The van der Waals surface area contributed by atoms with Gasteiger partial charge in [-0.15, -0.1) is 0 Å². The minimum atomic E-state index is 0.419. The molecule has 30 heavy (non-hydrogen) atoms. The summed E-state index contributed by atoms with van der Waals surface area (Å²) >= 11 is 0. The normalized spacial score (nSPS) is 11.7. The predicted octanol–water partition coefficient (Wildman–Crippen LogP) is 6.10. The van der Waals surface area contributed by atoms with Gasteiger partial charge in [0.15, 0.2) is 11.5 Å². The number of hydrogen-bond donors (Lipinski definition) is 0. The topological polar surface area (TPSA) is 49.3 Å². The fraction of sp³-hybridized carbons (Fsp3) is 0.160. The lowest BCUT2D eigenvalue weighted by atomic mass is 10.2. The zero-order chi connectivity index (χ0) is 21.3. The Kier molecular flexibility index (Phi) is 7.11. The van der Waals surface area contributed by atoms with Gasteiger partial charge in [-0.2, -0.15) is 0 Å². The van der Waals surface area contributed by atoms with Crippen molar-refractivity contribution in [1.82, 2.24) is 0 Å². The average Bonchev–Trinajstić information content (AvgIpc) is 2.78. The number of aliphatic imine (C=N–C) groups is 1. The van der Waals surface area contributed by atoms with Gasteiger partial charge in [0, 0.05) is 11.6 Å². The van der Waals surface area contributed by atoms with Gasteiger partial charge in [-0.3, -0.25) is 0 Å². The molecule has 3 rings (SSSR count). The fourth-order valence-corrected chi connectivity index (χ4v) is 2.62. The van der Waals surface area contributed by atoms with Crippen LogP contribution in [-0.4, -0.2) is 20.1 Å². The molecule has 0 amide bonds. The Morgan fingerprint density at radius 1 is 0.800 bits per heavy atom. The van der Waals surface area contributed by atoms with E-state index >= 15 is 0 Å². The van der Waals surface area contributed by atoms with E-state index in [1.807, 2.05) is 80.6 Å². The Balaban J connectivity index is 1.91. The van der Waals surface area contributed by atoms with E-state index in [1.54, 1.807) is 26.5 Å². The van der Waals surface area contributed by atoms with E-state index in [4.69, 9.17) is 18.9 Å². The molecule has 154 valence electrons. The predicted molar refractivity (Wildman–Crippen MR) is 119 cm³/mol. The molecular weight excluding hydrogens is 378 g/mol. The van der Waals surface area contributed by atoms with Crippen LogP contribution in [0.15, 0.2) is 89.6 Å². The summed E-state index contributed by atoms with van der Waals surface area (Å²) in [5, 5.41) is 0. The molecule has 0 bridgehead atoms. The van der Waals surface area contributed by atoms with E-state index in [-0.39, 0.29) is 0 Å². The van der Waals surface area contributed by atoms with Crippen molar-refractivity contribution in [2.24, 2.45) is 4.99 Å². The molecule has 0 N–H and O–H groups in total. The molecule has 0 aliphatic carbocycles. The molecule has 0 radical (unpaired) electrons. The Hall–Kier alpha value is -3.73. The Morgan fingerprint density at radius 2 is 1.50 bits per heavy atom. The Labute approximate surface area is 177 Å². The van der Waals surface area contributed by atoms with Crippen LogP contribution >= 0.6 is 0 Å². The summed E-state index contributed by atoms with van der Waals surface area (Å²) in [6.45, 7) is 3.91. The largest absolute Gasteiger partial charge is 0.497 e. The molecule has 0 unspecified atom stereocenters. The number of para-hydroxylation sites is 2. The van der Waals surface area contributed by atoms with Gasteiger partial charge in [-0.05, 0) is 50.2 Å². The van der Waals surface area contributed by atoms with E-state index in [0.717, 1.165) is 11.3 Å². The zero-order valence-electron chi connectivity index (χ0n) is 17.6. The van der Waals surface area contributed by atoms with Crippen molar-refractivity contribution in [3.63, 3.8) is 0 Å². The molecule has 0 heterocycles. The molecule has 0 saturated carbocycles. The van der Waals surface area contributed by atoms with E-state index in [1.165, 1.54) is 0 Å². The first-order valence-corrected chi connectivity index (χ1v) is 9.53. The summed E-state index contributed by atoms with van der Waals surface area (Å²) in [6.07, 6.45) is 1.60. The number of nitrogens with zero attached hydrogens (tertiary/aromatic N) is 1.